The highest BCUT2D eigenvalue weighted by atomic mass is 16.5. The summed E-state index contributed by atoms with van der Waals surface area (Å²) in [6.07, 6.45) is 4.96. The highest BCUT2D eigenvalue weighted by molar-refractivity contribution is 6.22. The van der Waals surface area contributed by atoms with Gasteiger partial charge in [0.2, 0.25) is 0 Å². The summed E-state index contributed by atoms with van der Waals surface area (Å²) < 4.78 is 5.36. The number of hydrogen-bond acceptors (Lipinski definition) is 4. The second-order valence-corrected chi connectivity index (χ2v) is 5.49. The Morgan fingerprint density at radius 3 is 2.19 bits per heavy atom. The first-order valence-corrected chi connectivity index (χ1v) is 7.31. The van der Waals surface area contributed by atoms with Crippen LogP contribution >= 0.6 is 0 Å². The van der Waals surface area contributed by atoms with Gasteiger partial charge in [0.05, 0.1) is 11.1 Å². The van der Waals surface area contributed by atoms with E-state index in [1.54, 1.807) is 24.3 Å². The van der Waals surface area contributed by atoms with E-state index in [1.807, 2.05) is 0 Å². The fourth-order valence-electron chi connectivity index (χ4n) is 2.92. The predicted octanol–water partition coefficient (Wildman–Crippen LogP) is 2.16. The predicted molar refractivity (Wildman–Crippen MR) is 74.8 cm³/mol. The Morgan fingerprint density at radius 1 is 1.05 bits per heavy atom. The fourth-order valence-corrected chi connectivity index (χ4v) is 2.92. The molecule has 1 aromatic rings. The first kappa shape index (κ1) is 13.8. The van der Waals surface area contributed by atoms with Gasteiger partial charge in [-0.25, -0.2) is 0 Å². The molecule has 110 valence electrons. The molecule has 2 aliphatic rings. The summed E-state index contributed by atoms with van der Waals surface area (Å²) in [4.78, 5) is 37.2. The molecule has 0 spiro atoms. The zero-order valence-corrected chi connectivity index (χ0v) is 11.7. The number of amides is 2. The van der Waals surface area contributed by atoms with Crippen LogP contribution < -0.4 is 0 Å². The van der Waals surface area contributed by atoms with Crippen molar-refractivity contribution in [3.63, 3.8) is 0 Å². The van der Waals surface area contributed by atoms with Crippen molar-refractivity contribution in [3.8, 4) is 0 Å². The van der Waals surface area contributed by atoms with Crippen LogP contribution in [0.1, 0.15) is 52.8 Å². The molecule has 1 saturated carbocycles. The molecule has 0 radical (unpaired) electrons. The molecular formula is C16H17NO4. The van der Waals surface area contributed by atoms with Crippen LogP contribution in [-0.4, -0.2) is 35.3 Å². The van der Waals surface area contributed by atoms with Crippen molar-refractivity contribution in [1.82, 2.24) is 4.90 Å². The SMILES string of the molecule is O=C(CN1C(=O)c2ccccc2C1=O)OC1CCCCC1. The van der Waals surface area contributed by atoms with E-state index >= 15 is 0 Å². The smallest absolute Gasteiger partial charge is 0.326 e. The van der Waals surface area contributed by atoms with Gasteiger partial charge in [0.1, 0.15) is 12.6 Å². The molecule has 1 aliphatic heterocycles. The van der Waals surface area contributed by atoms with Gasteiger partial charge in [0.15, 0.2) is 0 Å². The van der Waals surface area contributed by atoms with Crippen LogP contribution in [-0.2, 0) is 9.53 Å². The quantitative estimate of drug-likeness (QED) is 0.631. The lowest BCUT2D eigenvalue weighted by molar-refractivity contribution is -0.150. The molecule has 1 heterocycles. The molecular weight excluding hydrogens is 270 g/mol. The van der Waals surface area contributed by atoms with E-state index in [0.717, 1.165) is 30.6 Å². The van der Waals surface area contributed by atoms with Gasteiger partial charge >= 0.3 is 5.97 Å². The highest BCUT2D eigenvalue weighted by Crippen LogP contribution is 2.23. The van der Waals surface area contributed by atoms with Gasteiger partial charge in [-0.2, -0.15) is 0 Å². The summed E-state index contributed by atoms with van der Waals surface area (Å²) >= 11 is 0. The number of rotatable bonds is 3. The Bertz CT molecular complexity index is 555. The number of ether oxygens (including phenoxy) is 1. The number of hydrogen-bond donors (Lipinski definition) is 0. The summed E-state index contributed by atoms with van der Waals surface area (Å²) in [6.45, 7) is -0.303. The van der Waals surface area contributed by atoms with Gasteiger partial charge in [-0.3, -0.25) is 19.3 Å². The standard InChI is InChI=1S/C16H17NO4/c18-14(21-11-6-2-1-3-7-11)10-17-15(19)12-8-4-5-9-13(12)16(17)20/h4-5,8-9,11H,1-3,6-7,10H2. The van der Waals surface area contributed by atoms with E-state index in [2.05, 4.69) is 0 Å². The van der Waals surface area contributed by atoms with Gasteiger partial charge in [-0.05, 0) is 37.8 Å². The summed E-state index contributed by atoms with van der Waals surface area (Å²) in [6, 6.07) is 6.60. The minimum Gasteiger partial charge on any atom is -0.461 e. The third-order valence-corrected chi connectivity index (χ3v) is 4.02. The van der Waals surface area contributed by atoms with Crippen LogP contribution in [0.5, 0.6) is 0 Å². The third-order valence-electron chi connectivity index (χ3n) is 4.02. The van der Waals surface area contributed by atoms with Crippen LogP contribution in [0.4, 0.5) is 0 Å². The minimum absolute atomic E-state index is 0.0681. The van der Waals surface area contributed by atoms with Crippen molar-refractivity contribution in [2.45, 2.75) is 38.2 Å². The molecule has 2 amide bonds. The maximum atomic E-state index is 12.1. The maximum absolute atomic E-state index is 12.1. The summed E-state index contributed by atoms with van der Waals surface area (Å²) in [7, 11) is 0. The van der Waals surface area contributed by atoms with Crippen molar-refractivity contribution < 1.29 is 19.1 Å². The average molecular weight is 287 g/mol. The molecule has 5 heteroatoms. The van der Waals surface area contributed by atoms with E-state index in [9.17, 15) is 14.4 Å². The van der Waals surface area contributed by atoms with Gasteiger partial charge in [-0.1, -0.05) is 18.6 Å². The van der Waals surface area contributed by atoms with E-state index in [1.165, 1.54) is 6.42 Å². The van der Waals surface area contributed by atoms with Crippen LogP contribution in [0, 0.1) is 0 Å². The Hall–Kier alpha value is -2.17. The van der Waals surface area contributed by atoms with Gasteiger partial charge < -0.3 is 4.74 Å². The molecule has 0 unspecified atom stereocenters. The number of esters is 1. The van der Waals surface area contributed by atoms with E-state index < -0.39 is 17.8 Å². The zero-order valence-electron chi connectivity index (χ0n) is 11.7. The molecule has 0 atom stereocenters. The van der Waals surface area contributed by atoms with Crippen LogP contribution in [0.2, 0.25) is 0 Å². The Kier molecular flexibility index (Phi) is 3.73. The van der Waals surface area contributed by atoms with Crippen LogP contribution in [0.3, 0.4) is 0 Å². The molecule has 0 saturated heterocycles. The van der Waals surface area contributed by atoms with Crippen molar-refractivity contribution >= 4 is 17.8 Å². The monoisotopic (exact) mass is 287 g/mol. The summed E-state index contributed by atoms with van der Waals surface area (Å²) in [5.41, 5.74) is 0.709. The lowest BCUT2D eigenvalue weighted by atomic mass is 9.98. The molecule has 1 fully saturated rings. The molecule has 21 heavy (non-hydrogen) atoms. The first-order chi connectivity index (χ1) is 10.2. The lowest BCUT2D eigenvalue weighted by Gasteiger charge is -2.23. The molecule has 0 aromatic heterocycles. The van der Waals surface area contributed by atoms with Crippen molar-refractivity contribution in [2.24, 2.45) is 0 Å². The van der Waals surface area contributed by atoms with E-state index in [0.29, 0.717) is 11.1 Å². The fraction of sp³-hybridized carbons (Fsp3) is 0.438. The van der Waals surface area contributed by atoms with Gasteiger partial charge in [0.25, 0.3) is 11.8 Å². The van der Waals surface area contributed by atoms with Crippen molar-refractivity contribution in [3.05, 3.63) is 35.4 Å². The minimum atomic E-state index is -0.503. The van der Waals surface area contributed by atoms with Crippen molar-refractivity contribution in [2.75, 3.05) is 6.54 Å². The van der Waals surface area contributed by atoms with Crippen molar-refractivity contribution in [1.29, 1.82) is 0 Å². The summed E-state index contributed by atoms with van der Waals surface area (Å²) in [5.74, 6) is -1.34. The molecule has 0 N–H and O–H groups in total. The highest BCUT2D eigenvalue weighted by Gasteiger charge is 2.36. The topological polar surface area (TPSA) is 63.7 Å². The Balaban J connectivity index is 1.64. The molecule has 0 bridgehead atoms. The first-order valence-electron chi connectivity index (χ1n) is 7.31. The largest absolute Gasteiger partial charge is 0.461 e. The second kappa shape index (κ2) is 5.68. The van der Waals surface area contributed by atoms with E-state index in [-0.39, 0.29) is 12.6 Å². The average Bonchev–Trinajstić information content (AvgIpc) is 2.74. The molecule has 5 nitrogen and oxygen atoms in total. The maximum Gasteiger partial charge on any atom is 0.326 e. The number of imide groups is 1. The normalized spacial score (nSPS) is 18.8. The second-order valence-electron chi connectivity index (χ2n) is 5.49. The molecule has 3 rings (SSSR count). The van der Waals surface area contributed by atoms with Gasteiger partial charge in [-0.15, -0.1) is 0 Å². The zero-order chi connectivity index (χ0) is 14.8. The lowest BCUT2D eigenvalue weighted by Crippen LogP contribution is -2.37. The molecule has 1 aromatic carbocycles. The van der Waals surface area contributed by atoms with E-state index in [4.69, 9.17) is 4.74 Å². The Morgan fingerprint density at radius 2 is 1.62 bits per heavy atom. The third kappa shape index (κ3) is 2.68. The van der Waals surface area contributed by atoms with Crippen LogP contribution in [0.15, 0.2) is 24.3 Å². The van der Waals surface area contributed by atoms with Crippen LogP contribution in [0.25, 0.3) is 0 Å². The summed E-state index contributed by atoms with van der Waals surface area (Å²) in [5, 5.41) is 0. The number of carbonyl (C=O) groups excluding carboxylic acids is 3. The number of fused-ring (bicyclic) bond motifs is 1. The van der Waals surface area contributed by atoms with Gasteiger partial charge in [0, 0.05) is 0 Å². The number of benzene rings is 1. The number of carbonyl (C=O) groups is 3. The number of nitrogens with zero attached hydrogens (tertiary/aromatic N) is 1. The molecule has 1 aliphatic carbocycles. The Labute approximate surface area is 122 Å².